The Morgan fingerprint density at radius 1 is 1.20 bits per heavy atom. The first-order chi connectivity index (χ1) is 9.69. The number of likely N-dealkylation sites (N-methyl/N-ethyl adjacent to an activating group) is 1. The Morgan fingerprint density at radius 2 is 2.00 bits per heavy atom. The summed E-state index contributed by atoms with van der Waals surface area (Å²) < 4.78 is 5.76. The highest BCUT2D eigenvalue weighted by molar-refractivity contribution is 4.85. The maximum atomic E-state index is 5.76. The van der Waals surface area contributed by atoms with Gasteiger partial charge in [-0.1, -0.05) is 13.8 Å². The Bertz CT molecular complexity index is 268. The van der Waals surface area contributed by atoms with Gasteiger partial charge in [-0.2, -0.15) is 0 Å². The molecule has 0 radical (unpaired) electrons. The highest BCUT2D eigenvalue weighted by atomic mass is 16.5. The Labute approximate surface area is 125 Å². The van der Waals surface area contributed by atoms with Crippen molar-refractivity contribution in [2.45, 2.75) is 52.0 Å². The zero-order valence-electron chi connectivity index (χ0n) is 13.7. The molecule has 0 bridgehead atoms. The predicted molar refractivity (Wildman–Crippen MR) is 85.0 cm³/mol. The summed E-state index contributed by atoms with van der Waals surface area (Å²) in [7, 11) is 2.25. The van der Waals surface area contributed by atoms with E-state index in [2.05, 4.69) is 31.1 Å². The van der Waals surface area contributed by atoms with Crippen molar-refractivity contribution in [1.82, 2.24) is 10.2 Å². The lowest BCUT2D eigenvalue weighted by Gasteiger charge is -2.37. The summed E-state index contributed by atoms with van der Waals surface area (Å²) in [5.74, 6) is 2.60. The molecule has 118 valence electrons. The smallest absolute Gasteiger partial charge is 0.0593 e. The SMILES string of the molecule is CCNC1CCC(C)CC1CN(C)CCOCC1CC1. The molecule has 20 heavy (non-hydrogen) atoms. The molecule has 0 heterocycles. The summed E-state index contributed by atoms with van der Waals surface area (Å²) in [5, 5.41) is 3.69. The second kappa shape index (κ2) is 8.35. The summed E-state index contributed by atoms with van der Waals surface area (Å²) in [6.45, 7) is 9.93. The highest BCUT2D eigenvalue weighted by Crippen LogP contribution is 2.30. The summed E-state index contributed by atoms with van der Waals surface area (Å²) in [5.41, 5.74) is 0. The van der Waals surface area contributed by atoms with Crippen LogP contribution in [-0.2, 0) is 4.74 Å². The molecule has 0 aliphatic heterocycles. The number of nitrogens with zero attached hydrogens (tertiary/aromatic N) is 1. The molecule has 2 aliphatic rings. The van der Waals surface area contributed by atoms with Gasteiger partial charge in [0.05, 0.1) is 6.61 Å². The van der Waals surface area contributed by atoms with Gasteiger partial charge in [-0.05, 0) is 63.5 Å². The van der Waals surface area contributed by atoms with E-state index < -0.39 is 0 Å². The number of hydrogen-bond acceptors (Lipinski definition) is 3. The molecule has 1 N–H and O–H groups in total. The van der Waals surface area contributed by atoms with Crippen LogP contribution in [0.25, 0.3) is 0 Å². The molecule has 3 nitrogen and oxygen atoms in total. The van der Waals surface area contributed by atoms with Crippen molar-refractivity contribution in [3.63, 3.8) is 0 Å². The fourth-order valence-electron chi connectivity index (χ4n) is 3.48. The molecular weight excluding hydrogens is 248 g/mol. The lowest BCUT2D eigenvalue weighted by Crippen LogP contribution is -2.45. The van der Waals surface area contributed by atoms with Crippen LogP contribution in [0.2, 0.25) is 0 Å². The van der Waals surface area contributed by atoms with Crippen LogP contribution in [-0.4, -0.2) is 50.8 Å². The van der Waals surface area contributed by atoms with Crippen LogP contribution >= 0.6 is 0 Å². The van der Waals surface area contributed by atoms with E-state index in [-0.39, 0.29) is 0 Å². The standard InChI is InChI=1S/C17H34N2O/c1-4-18-17-8-5-14(2)11-16(17)12-19(3)9-10-20-13-15-6-7-15/h14-18H,4-13H2,1-3H3. The predicted octanol–water partition coefficient (Wildman–Crippen LogP) is 2.76. The van der Waals surface area contributed by atoms with Crippen LogP contribution in [0.4, 0.5) is 0 Å². The third kappa shape index (κ3) is 5.71. The zero-order valence-corrected chi connectivity index (χ0v) is 13.7. The van der Waals surface area contributed by atoms with Gasteiger partial charge in [-0.15, -0.1) is 0 Å². The van der Waals surface area contributed by atoms with E-state index >= 15 is 0 Å². The van der Waals surface area contributed by atoms with Gasteiger partial charge in [0.2, 0.25) is 0 Å². The maximum absolute atomic E-state index is 5.76. The summed E-state index contributed by atoms with van der Waals surface area (Å²) in [4.78, 5) is 2.47. The Kier molecular flexibility index (Phi) is 6.79. The molecular formula is C17H34N2O. The Hall–Kier alpha value is -0.120. The van der Waals surface area contributed by atoms with Crippen LogP contribution in [0.1, 0.15) is 46.0 Å². The van der Waals surface area contributed by atoms with Crippen molar-refractivity contribution in [3.8, 4) is 0 Å². The number of rotatable bonds is 9. The van der Waals surface area contributed by atoms with Crippen LogP contribution in [0.3, 0.4) is 0 Å². The minimum absolute atomic E-state index is 0.728. The van der Waals surface area contributed by atoms with E-state index in [1.54, 1.807) is 0 Å². The van der Waals surface area contributed by atoms with Crippen LogP contribution in [0.5, 0.6) is 0 Å². The van der Waals surface area contributed by atoms with Gasteiger partial charge in [0, 0.05) is 25.7 Å². The van der Waals surface area contributed by atoms with Crippen molar-refractivity contribution >= 4 is 0 Å². The van der Waals surface area contributed by atoms with Crippen LogP contribution in [0, 0.1) is 17.8 Å². The summed E-state index contributed by atoms with van der Waals surface area (Å²) in [6, 6.07) is 0.728. The van der Waals surface area contributed by atoms with Gasteiger partial charge in [-0.25, -0.2) is 0 Å². The number of ether oxygens (including phenoxy) is 1. The highest BCUT2D eigenvalue weighted by Gasteiger charge is 2.28. The van der Waals surface area contributed by atoms with E-state index in [0.717, 1.165) is 50.1 Å². The molecule has 0 saturated heterocycles. The molecule has 2 saturated carbocycles. The first-order valence-corrected chi connectivity index (χ1v) is 8.68. The largest absolute Gasteiger partial charge is 0.380 e. The number of hydrogen-bond donors (Lipinski definition) is 1. The normalized spacial score (nSPS) is 30.9. The zero-order chi connectivity index (χ0) is 14.4. The molecule has 2 aliphatic carbocycles. The third-order valence-electron chi connectivity index (χ3n) is 4.92. The average Bonchev–Trinajstić information content (AvgIpc) is 3.22. The molecule has 2 fully saturated rings. The minimum Gasteiger partial charge on any atom is -0.380 e. The van der Waals surface area contributed by atoms with E-state index in [1.807, 2.05) is 0 Å². The van der Waals surface area contributed by atoms with Gasteiger partial charge >= 0.3 is 0 Å². The third-order valence-corrected chi connectivity index (χ3v) is 4.92. The van der Waals surface area contributed by atoms with Crippen molar-refractivity contribution in [2.24, 2.45) is 17.8 Å². The number of nitrogens with one attached hydrogen (secondary N) is 1. The summed E-state index contributed by atoms with van der Waals surface area (Å²) >= 11 is 0. The second-order valence-corrected chi connectivity index (χ2v) is 7.12. The van der Waals surface area contributed by atoms with E-state index in [1.165, 1.54) is 38.6 Å². The first kappa shape index (κ1) is 16.3. The molecule has 3 unspecified atom stereocenters. The van der Waals surface area contributed by atoms with Crippen LogP contribution in [0.15, 0.2) is 0 Å². The van der Waals surface area contributed by atoms with Crippen molar-refractivity contribution < 1.29 is 4.74 Å². The molecule has 0 aromatic carbocycles. The van der Waals surface area contributed by atoms with Crippen molar-refractivity contribution in [1.29, 1.82) is 0 Å². The molecule has 0 aromatic rings. The quantitative estimate of drug-likeness (QED) is 0.658. The van der Waals surface area contributed by atoms with Gasteiger partial charge in [-0.3, -0.25) is 0 Å². The molecule has 3 heteroatoms. The molecule has 0 spiro atoms. The fourth-order valence-corrected chi connectivity index (χ4v) is 3.48. The van der Waals surface area contributed by atoms with Crippen molar-refractivity contribution in [3.05, 3.63) is 0 Å². The lowest BCUT2D eigenvalue weighted by molar-refractivity contribution is 0.0896. The van der Waals surface area contributed by atoms with Crippen LogP contribution < -0.4 is 5.32 Å². The minimum atomic E-state index is 0.728. The van der Waals surface area contributed by atoms with Gasteiger partial charge in [0.1, 0.15) is 0 Å². The summed E-state index contributed by atoms with van der Waals surface area (Å²) in [6.07, 6.45) is 6.90. The maximum Gasteiger partial charge on any atom is 0.0593 e. The average molecular weight is 282 g/mol. The molecule has 3 atom stereocenters. The van der Waals surface area contributed by atoms with E-state index in [0.29, 0.717) is 0 Å². The first-order valence-electron chi connectivity index (χ1n) is 8.68. The van der Waals surface area contributed by atoms with Gasteiger partial charge in [0.15, 0.2) is 0 Å². The lowest BCUT2D eigenvalue weighted by atomic mass is 9.78. The van der Waals surface area contributed by atoms with Gasteiger partial charge in [0.25, 0.3) is 0 Å². The molecule has 0 aromatic heterocycles. The Balaban J connectivity index is 1.64. The van der Waals surface area contributed by atoms with E-state index in [9.17, 15) is 0 Å². The molecule has 0 amide bonds. The monoisotopic (exact) mass is 282 g/mol. The van der Waals surface area contributed by atoms with Gasteiger partial charge < -0.3 is 15.0 Å². The van der Waals surface area contributed by atoms with Crippen molar-refractivity contribution in [2.75, 3.05) is 39.9 Å². The Morgan fingerprint density at radius 3 is 2.70 bits per heavy atom. The molecule has 2 rings (SSSR count). The fraction of sp³-hybridized carbons (Fsp3) is 1.00. The second-order valence-electron chi connectivity index (χ2n) is 7.12. The van der Waals surface area contributed by atoms with E-state index in [4.69, 9.17) is 4.74 Å². The topological polar surface area (TPSA) is 24.5 Å².